The summed E-state index contributed by atoms with van der Waals surface area (Å²) in [7, 11) is 0. The molecule has 1 fully saturated rings. The maximum atomic E-state index is 11.4. The highest BCUT2D eigenvalue weighted by molar-refractivity contribution is 5.97. The molecule has 1 N–H and O–H groups in total. The highest BCUT2D eigenvalue weighted by Crippen LogP contribution is 2.44. The van der Waals surface area contributed by atoms with E-state index in [0.29, 0.717) is 23.8 Å². The molecule has 2 atom stereocenters. The summed E-state index contributed by atoms with van der Waals surface area (Å²) in [5.41, 5.74) is 1.34. The second-order valence-corrected chi connectivity index (χ2v) is 5.19. The highest BCUT2D eigenvalue weighted by Gasteiger charge is 2.46. The van der Waals surface area contributed by atoms with Crippen molar-refractivity contribution >= 4 is 5.78 Å². The monoisotopic (exact) mass is 248 g/mol. The minimum absolute atomic E-state index is 0.0266. The zero-order chi connectivity index (χ0) is 12.9. The molecule has 2 unspecified atom stereocenters. The van der Waals surface area contributed by atoms with Crippen LogP contribution in [-0.4, -0.2) is 23.3 Å². The summed E-state index contributed by atoms with van der Waals surface area (Å²) in [6.07, 6.45) is 1.79. The molecule has 2 heterocycles. The first kappa shape index (κ1) is 11.5. The Morgan fingerprint density at radius 1 is 1.50 bits per heavy atom. The fourth-order valence-electron chi connectivity index (χ4n) is 2.82. The summed E-state index contributed by atoms with van der Waals surface area (Å²) in [5, 5.41) is 9.82. The number of hydrogen-bond donors (Lipinski definition) is 1. The lowest BCUT2D eigenvalue weighted by atomic mass is 9.87. The van der Waals surface area contributed by atoms with E-state index >= 15 is 0 Å². The van der Waals surface area contributed by atoms with E-state index in [1.807, 2.05) is 6.92 Å². The van der Waals surface area contributed by atoms with Crippen LogP contribution >= 0.6 is 0 Å². The Bertz CT molecular complexity index is 523. The van der Waals surface area contributed by atoms with Crippen molar-refractivity contribution in [2.24, 2.45) is 5.92 Å². The number of ether oxygens (including phenoxy) is 2. The molecule has 4 nitrogen and oxygen atoms in total. The number of Topliss-reactive ketones (excluding diaryl/α,β-unsaturated/α-hetero) is 1. The van der Waals surface area contributed by atoms with Gasteiger partial charge in [0, 0.05) is 18.9 Å². The number of phenolic OH excluding ortho intramolecular Hbond substituents is 1. The summed E-state index contributed by atoms with van der Waals surface area (Å²) in [4.78, 5) is 11.4. The third-order valence-electron chi connectivity index (χ3n) is 3.93. The van der Waals surface area contributed by atoms with Crippen molar-refractivity contribution in [2.45, 2.75) is 32.5 Å². The van der Waals surface area contributed by atoms with Crippen molar-refractivity contribution < 1.29 is 19.4 Å². The number of benzene rings is 1. The van der Waals surface area contributed by atoms with Gasteiger partial charge in [-0.25, -0.2) is 0 Å². The van der Waals surface area contributed by atoms with Crippen LogP contribution in [0, 0.1) is 5.92 Å². The second-order valence-electron chi connectivity index (χ2n) is 5.19. The molecule has 0 amide bonds. The van der Waals surface area contributed by atoms with Crippen molar-refractivity contribution in [3.63, 3.8) is 0 Å². The maximum absolute atomic E-state index is 11.4. The van der Waals surface area contributed by atoms with Crippen molar-refractivity contribution in [3.05, 3.63) is 23.3 Å². The Kier molecular flexibility index (Phi) is 2.38. The molecule has 96 valence electrons. The topological polar surface area (TPSA) is 55.8 Å². The van der Waals surface area contributed by atoms with Gasteiger partial charge >= 0.3 is 0 Å². The van der Waals surface area contributed by atoms with Gasteiger partial charge in [-0.05, 0) is 31.4 Å². The van der Waals surface area contributed by atoms with E-state index in [-0.39, 0.29) is 11.5 Å². The quantitative estimate of drug-likeness (QED) is 0.775. The first-order valence-corrected chi connectivity index (χ1v) is 6.19. The third-order valence-corrected chi connectivity index (χ3v) is 3.93. The van der Waals surface area contributed by atoms with Crippen LogP contribution in [0.5, 0.6) is 11.5 Å². The van der Waals surface area contributed by atoms with Crippen molar-refractivity contribution in [1.82, 2.24) is 0 Å². The van der Waals surface area contributed by atoms with Gasteiger partial charge in [0.2, 0.25) is 5.79 Å². The summed E-state index contributed by atoms with van der Waals surface area (Å²) < 4.78 is 11.5. The molecule has 2 aliphatic rings. The number of hydrogen-bond acceptors (Lipinski definition) is 4. The Hall–Kier alpha value is -1.55. The van der Waals surface area contributed by atoms with E-state index in [4.69, 9.17) is 9.47 Å². The molecule has 0 bridgehead atoms. The Balaban J connectivity index is 2.05. The number of rotatable bonds is 1. The fraction of sp³-hybridized carbons (Fsp3) is 0.500. The first-order valence-electron chi connectivity index (χ1n) is 6.19. The van der Waals surface area contributed by atoms with E-state index in [0.717, 1.165) is 18.4 Å². The van der Waals surface area contributed by atoms with Gasteiger partial charge in [-0.1, -0.05) is 0 Å². The molecule has 1 aromatic carbocycles. The summed E-state index contributed by atoms with van der Waals surface area (Å²) in [6, 6.07) is 3.26. The molecule has 0 saturated carbocycles. The van der Waals surface area contributed by atoms with Crippen LogP contribution in [0.4, 0.5) is 0 Å². The molecule has 2 aliphatic heterocycles. The van der Waals surface area contributed by atoms with E-state index in [2.05, 4.69) is 0 Å². The van der Waals surface area contributed by atoms with Crippen LogP contribution in [0.15, 0.2) is 12.1 Å². The molecule has 0 aliphatic carbocycles. The molecule has 0 radical (unpaired) electrons. The molecular formula is C14H16O4. The van der Waals surface area contributed by atoms with Crippen LogP contribution in [0.2, 0.25) is 0 Å². The lowest BCUT2D eigenvalue weighted by Gasteiger charge is -2.36. The molecule has 0 aromatic heterocycles. The summed E-state index contributed by atoms with van der Waals surface area (Å²) in [5.74, 6) is 0.192. The minimum Gasteiger partial charge on any atom is -0.507 e. The van der Waals surface area contributed by atoms with Gasteiger partial charge in [0.15, 0.2) is 5.78 Å². The molecule has 0 spiro atoms. The second kappa shape index (κ2) is 3.72. The fourth-order valence-corrected chi connectivity index (χ4v) is 2.82. The smallest absolute Gasteiger partial charge is 0.210 e. The number of fused-ring (bicyclic) bond motifs is 2. The predicted octanol–water partition coefficient (Wildman–Crippen LogP) is 2.28. The Morgan fingerprint density at radius 3 is 3.00 bits per heavy atom. The first-order chi connectivity index (χ1) is 8.49. The predicted molar refractivity (Wildman–Crippen MR) is 64.9 cm³/mol. The van der Waals surface area contributed by atoms with Crippen molar-refractivity contribution in [1.29, 1.82) is 0 Å². The van der Waals surface area contributed by atoms with Gasteiger partial charge in [-0.2, -0.15) is 0 Å². The average molecular weight is 248 g/mol. The standard InChI is InChI=1S/C14H16O4/c1-8(15)11-6-9-5-10-3-4-17-14(10,2)18-13(9)7-12(11)16/h6-7,10,16H,3-5H2,1-2H3. The van der Waals surface area contributed by atoms with Gasteiger partial charge in [0.05, 0.1) is 12.2 Å². The number of carbonyl (C=O) groups is 1. The van der Waals surface area contributed by atoms with E-state index in [9.17, 15) is 9.90 Å². The normalized spacial score (nSPS) is 29.3. The van der Waals surface area contributed by atoms with E-state index < -0.39 is 5.79 Å². The molecule has 3 rings (SSSR count). The minimum atomic E-state index is -0.586. The van der Waals surface area contributed by atoms with Crippen molar-refractivity contribution in [3.8, 4) is 11.5 Å². The van der Waals surface area contributed by atoms with E-state index in [1.54, 1.807) is 6.07 Å². The molecule has 18 heavy (non-hydrogen) atoms. The third kappa shape index (κ3) is 1.60. The maximum Gasteiger partial charge on any atom is 0.210 e. The number of phenols is 1. The lowest BCUT2D eigenvalue weighted by molar-refractivity contribution is -0.165. The summed E-state index contributed by atoms with van der Waals surface area (Å²) >= 11 is 0. The average Bonchev–Trinajstić information content (AvgIpc) is 2.65. The van der Waals surface area contributed by atoms with Crippen molar-refractivity contribution in [2.75, 3.05) is 6.61 Å². The van der Waals surface area contributed by atoms with Gasteiger partial charge in [-0.15, -0.1) is 0 Å². The Labute approximate surface area is 106 Å². The lowest BCUT2D eigenvalue weighted by Crippen LogP contribution is -2.42. The zero-order valence-corrected chi connectivity index (χ0v) is 10.5. The van der Waals surface area contributed by atoms with Crippen LogP contribution in [-0.2, 0) is 11.2 Å². The number of carbonyl (C=O) groups excluding carboxylic acids is 1. The largest absolute Gasteiger partial charge is 0.507 e. The zero-order valence-electron chi connectivity index (χ0n) is 10.5. The molecule has 4 heteroatoms. The number of ketones is 1. The van der Waals surface area contributed by atoms with E-state index in [1.165, 1.54) is 13.0 Å². The van der Waals surface area contributed by atoms with Gasteiger partial charge in [0.1, 0.15) is 11.5 Å². The van der Waals surface area contributed by atoms with Gasteiger partial charge < -0.3 is 14.6 Å². The summed E-state index contributed by atoms with van der Waals surface area (Å²) in [6.45, 7) is 4.08. The van der Waals surface area contributed by atoms with Crippen LogP contribution in [0.25, 0.3) is 0 Å². The molecular weight excluding hydrogens is 232 g/mol. The van der Waals surface area contributed by atoms with Crippen LogP contribution < -0.4 is 4.74 Å². The van der Waals surface area contributed by atoms with Crippen LogP contribution in [0.3, 0.4) is 0 Å². The van der Waals surface area contributed by atoms with Gasteiger partial charge in [-0.3, -0.25) is 4.79 Å². The molecule has 1 aromatic rings. The van der Waals surface area contributed by atoms with Crippen LogP contribution in [0.1, 0.15) is 36.2 Å². The Morgan fingerprint density at radius 2 is 2.28 bits per heavy atom. The van der Waals surface area contributed by atoms with Gasteiger partial charge in [0.25, 0.3) is 0 Å². The molecule has 1 saturated heterocycles. The number of aromatic hydroxyl groups is 1. The SMILES string of the molecule is CC(=O)c1cc2c(cc1O)OC1(C)OCCC1C2. The highest BCUT2D eigenvalue weighted by atomic mass is 16.7.